The number of carboxylic acids is 1. The SMILES string of the molecule is O=C(O)/C=C/c1ccnc(NS(=O)(=O)c2cccs2)c1. The summed E-state index contributed by atoms with van der Waals surface area (Å²) >= 11 is 1.10. The van der Waals surface area contributed by atoms with Crippen LogP contribution in [0.5, 0.6) is 0 Å². The van der Waals surface area contributed by atoms with Crippen molar-refractivity contribution in [3.8, 4) is 0 Å². The summed E-state index contributed by atoms with van der Waals surface area (Å²) in [5.41, 5.74) is 0.534. The van der Waals surface area contributed by atoms with E-state index in [4.69, 9.17) is 5.11 Å². The first-order chi connectivity index (χ1) is 9.47. The average Bonchev–Trinajstić information content (AvgIpc) is 2.91. The number of nitrogens with one attached hydrogen (secondary N) is 1. The fourth-order valence-corrected chi connectivity index (χ4v) is 3.37. The number of carbonyl (C=O) groups is 1. The number of sulfonamides is 1. The molecular weight excluding hydrogens is 300 g/mol. The van der Waals surface area contributed by atoms with Gasteiger partial charge in [-0.1, -0.05) is 6.07 Å². The van der Waals surface area contributed by atoms with Crippen LogP contribution in [0.15, 0.2) is 46.1 Å². The van der Waals surface area contributed by atoms with Crippen LogP contribution in [-0.2, 0) is 14.8 Å². The molecule has 104 valence electrons. The molecule has 0 radical (unpaired) electrons. The van der Waals surface area contributed by atoms with E-state index in [1.807, 2.05) is 0 Å². The minimum Gasteiger partial charge on any atom is -0.478 e. The Morgan fingerprint density at radius 3 is 2.85 bits per heavy atom. The highest BCUT2D eigenvalue weighted by molar-refractivity contribution is 7.94. The van der Waals surface area contributed by atoms with Gasteiger partial charge in [-0.2, -0.15) is 0 Å². The summed E-state index contributed by atoms with van der Waals surface area (Å²) in [7, 11) is -3.65. The Kier molecular flexibility index (Phi) is 4.16. The maximum Gasteiger partial charge on any atom is 0.328 e. The number of anilines is 1. The van der Waals surface area contributed by atoms with Crippen molar-refractivity contribution in [2.24, 2.45) is 0 Å². The lowest BCUT2D eigenvalue weighted by Gasteiger charge is -2.05. The van der Waals surface area contributed by atoms with Crippen LogP contribution in [0.2, 0.25) is 0 Å². The molecule has 6 nitrogen and oxygen atoms in total. The van der Waals surface area contributed by atoms with Crippen LogP contribution in [0.25, 0.3) is 6.08 Å². The van der Waals surface area contributed by atoms with Crippen LogP contribution >= 0.6 is 11.3 Å². The fraction of sp³-hybridized carbons (Fsp3) is 0. The number of carboxylic acid groups (broad SMARTS) is 1. The van der Waals surface area contributed by atoms with Gasteiger partial charge in [0.25, 0.3) is 10.0 Å². The largest absolute Gasteiger partial charge is 0.478 e. The van der Waals surface area contributed by atoms with Crippen molar-refractivity contribution in [1.29, 1.82) is 0 Å². The summed E-state index contributed by atoms with van der Waals surface area (Å²) in [5.74, 6) is -0.950. The zero-order valence-electron chi connectivity index (χ0n) is 10.1. The lowest BCUT2D eigenvalue weighted by atomic mass is 10.2. The molecule has 2 rings (SSSR count). The Bertz CT molecular complexity index is 737. The molecule has 2 heterocycles. The number of thiophene rings is 1. The molecule has 0 bridgehead atoms. The minimum atomic E-state index is -3.65. The van der Waals surface area contributed by atoms with E-state index in [0.29, 0.717) is 5.56 Å². The highest BCUT2D eigenvalue weighted by atomic mass is 32.2. The quantitative estimate of drug-likeness (QED) is 0.824. The Morgan fingerprint density at radius 2 is 2.20 bits per heavy atom. The van der Waals surface area contributed by atoms with Gasteiger partial charge in [0.05, 0.1) is 0 Å². The van der Waals surface area contributed by atoms with Crippen molar-refractivity contribution < 1.29 is 18.3 Å². The molecule has 0 aromatic carbocycles. The summed E-state index contributed by atoms with van der Waals surface area (Å²) < 4.78 is 26.5. The normalized spacial score (nSPS) is 11.6. The highest BCUT2D eigenvalue weighted by Gasteiger charge is 2.15. The van der Waals surface area contributed by atoms with E-state index in [1.165, 1.54) is 24.4 Å². The van der Waals surface area contributed by atoms with E-state index >= 15 is 0 Å². The van der Waals surface area contributed by atoms with Crippen LogP contribution in [0.3, 0.4) is 0 Å². The topological polar surface area (TPSA) is 96.4 Å². The second-order valence-corrected chi connectivity index (χ2v) is 6.54. The molecule has 0 aliphatic heterocycles. The Balaban J connectivity index is 2.22. The number of rotatable bonds is 5. The molecule has 0 fully saturated rings. The molecule has 0 unspecified atom stereocenters. The maximum absolute atomic E-state index is 12.0. The molecule has 2 aromatic heterocycles. The van der Waals surface area contributed by atoms with Crippen molar-refractivity contribution in [2.75, 3.05) is 4.72 Å². The van der Waals surface area contributed by atoms with Crippen molar-refractivity contribution in [3.05, 3.63) is 47.5 Å². The summed E-state index contributed by atoms with van der Waals surface area (Å²) in [6.45, 7) is 0. The van der Waals surface area contributed by atoms with Gasteiger partial charge in [0.2, 0.25) is 0 Å². The van der Waals surface area contributed by atoms with E-state index in [1.54, 1.807) is 17.5 Å². The minimum absolute atomic E-state index is 0.130. The molecule has 0 atom stereocenters. The Labute approximate surface area is 119 Å². The molecule has 20 heavy (non-hydrogen) atoms. The predicted molar refractivity (Wildman–Crippen MR) is 76.0 cm³/mol. The van der Waals surface area contributed by atoms with Gasteiger partial charge in [-0.05, 0) is 35.2 Å². The van der Waals surface area contributed by atoms with E-state index in [9.17, 15) is 13.2 Å². The standard InChI is InChI=1S/C12H10N2O4S2/c15-11(16)4-3-9-5-6-13-10(8-9)14-20(17,18)12-2-1-7-19-12/h1-8H,(H,13,14)(H,15,16)/b4-3+. The van der Waals surface area contributed by atoms with E-state index < -0.39 is 16.0 Å². The molecular formula is C12H10N2O4S2. The molecule has 0 saturated heterocycles. The van der Waals surface area contributed by atoms with Crippen molar-refractivity contribution >= 4 is 39.2 Å². The van der Waals surface area contributed by atoms with Gasteiger partial charge in [-0.25, -0.2) is 18.2 Å². The van der Waals surface area contributed by atoms with Crippen molar-refractivity contribution in [2.45, 2.75) is 4.21 Å². The summed E-state index contributed by atoms with van der Waals surface area (Å²) in [4.78, 5) is 14.3. The molecule has 0 spiro atoms. The van der Waals surface area contributed by atoms with Gasteiger partial charge in [0, 0.05) is 12.3 Å². The molecule has 0 aliphatic carbocycles. The second kappa shape index (κ2) is 5.85. The zero-order valence-corrected chi connectivity index (χ0v) is 11.7. The number of nitrogens with zero attached hydrogens (tertiary/aromatic N) is 1. The first-order valence-electron chi connectivity index (χ1n) is 5.41. The number of hydrogen-bond donors (Lipinski definition) is 2. The summed E-state index contributed by atoms with van der Waals surface area (Å²) in [5, 5.41) is 10.2. The highest BCUT2D eigenvalue weighted by Crippen LogP contribution is 2.19. The number of pyridine rings is 1. The van der Waals surface area contributed by atoms with E-state index in [-0.39, 0.29) is 10.0 Å². The van der Waals surface area contributed by atoms with Crippen LogP contribution in [0.1, 0.15) is 5.56 Å². The predicted octanol–water partition coefficient (Wildman–Crippen LogP) is 2.04. The fourth-order valence-electron chi connectivity index (χ4n) is 1.38. The van der Waals surface area contributed by atoms with Gasteiger partial charge < -0.3 is 5.11 Å². The van der Waals surface area contributed by atoms with E-state index in [0.717, 1.165) is 17.4 Å². The lowest BCUT2D eigenvalue weighted by molar-refractivity contribution is -0.131. The van der Waals surface area contributed by atoms with Crippen LogP contribution in [0.4, 0.5) is 5.82 Å². The molecule has 0 amide bonds. The van der Waals surface area contributed by atoms with Gasteiger partial charge >= 0.3 is 5.97 Å². The van der Waals surface area contributed by atoms with Crippen molar-refractivity contribution in [3.63, 3.8) is 0 Å². The van der Waals surface area contributed by atoms with Gasteiger partial charge in [-0.15, -0.1) is 11.3 Å². The Hall–Kier alpha value is -2.19. The molecule has 8 heteroatoms. The summed E-state index contributed by atoms with van der Waals surface area (Å²) in [6.07, 6.45) is 3.72. The maximum atomic E-state index is 12.0. The Morgan fingerprint density at radius 1 is 1.40 bits per heavy atom. The number of hydrogen-bond acceptors (Lipinski definition) is 5. The third kappa shape index (κ3) is 3.65. The third-order valence-corrected chi connectivity index (χ3v) is 4.95. The average molecular weight is 310 g/mol. The lowest BCUT2D eigenvalue weighted by Crippen LogP contribution is -2.12. The zero-order chi connectivity index (χ0) is 14.6. The second-order valence-electron chi connectivity index (χ2n) is 3.68. The van der Waals surface area contributed by atoms with Crippen LogP contribution in [0, 0.1) is 0 Å². The smallest absolute Gasteiger partial charge is 0.328 e. The first-order valence-corrected chi connectivity index (χ1v) is 7.77. The monoisotopic (exact) mass is 310 g/mol. The van der Waals surface area contributed by atoms with Crippen molar-refractivity contribution in [1.82, 2.24) is 4.98 Å². The molecule has 0 saturated carbocycles. The molecule has 2 aromatic rings. The summed E-state index contributed by atoms with van der Waals surface area (Å²) in [6, 6.07) is 6.15. The number of aromatic nitrogens is 1. The van der Waals surface area contributed by atoms with Gasteiger partial charge in [0.15, 0.2) is 0 Å². The van der Waals surface area contributed by atoms with Gasteiger partial charge in [-0.3, -0.25) is 4.72 Å². The van der Waals surface area contributed by atoms with Crippen LogP contribution in [-0.4, -0.2) is 24.5 Å². The van der Waals surface area contributed by atoms with E-state index in [2.05, 4.69) is 9.71 Å². The first kappa shape index (κ1) is 14.2. The molecule has 2 N–H and O–H groups in total. The third-order valence-electron chi connectivity index (χ3n) is 2.20. The van der Waals surface area contributed by atoms with Crippen LogP contribution < -0.4 is 4.72 Å². The molecule has 0 aliphatic rings. The number of aliphatic carboxylic acids is 1. The van der Waals surface area contributed by atoms with Gasteiger partial charge in [0.1, 0.15) is 10.0 Å².